The van der Waals surface area contributed by atoms with E-state index < -0.39 is 22.0 Å². The number of anilines is 1. The Kier molecular flexibility index (Phi) is 5.53. The van der Waals surface area contributed by atoms with Crippen molar-refractivity contribution in [2.24, 2.45) is 4.99 Å². The van der Waals surface area contributed by atoms with Crippen LogP contribution in [0.2, 0.25) is 0 Å². The highest BCUT2D eigenvalue weighted by molar-refractivity contribution is 7.90. The summed E-state index contributed by atoms with van der Waals surface area (Å²) < 4.78 is 26.9. The molecule has 0 saturated carbocycles. The lowest BCUT2D eigenvalue weighted by molar-refractivity contribution is -0.117. The van der Waals surface area contributed by atoms with E-state index in [2.05, 4.69) is 15.0 Å². The molecule has 0 bridgehead atoms. The zero-order valence-electron chi connectivity index (χ0n) is 17.4. The summed E-state index contributed by atoms with van der Waals surface area (Å²) in [4.78, 5) is 31.8. The summed E-state index contributed by atoms with van der Waals surface area (Å²) in [6.07, 6.45) is 2.01. The molecule has 9 heteroatoms. The average molecular weight is 441 g/mol. The van der Waals surface area contributed by atoms with Crippen molar-refractivity contribution in [1.29, 1.82) is 0 Å². The second-order valence-corrected chi connectivity index (χ2v) is 9.37. The van der Waals surface area contributed by atoms with Gasteiger partial charge in [-0.1, -0.05) is 18.2 Å². The van der Waals surface area contributed by atoms with E-state index in [-0.39, 0.29) is 16.6 Å². The Morgan fingerprint density at radius 2 is 1.81 bits per heavy atom. The van der Waals surface area contributed by atoms with Gasteiger partial charge in [0, 0.05) is 29.9 Å². The standard InChI is InChI=1S/C22H24N4O4S/c1-14-16(22(28)26-12-5-6-13-26)9-7-10-18(14)24-21(27)15(2)23-20-17-8-3-4-11-19(17)31(29,30)25-20/h3-4,7-11,15H,5-6,12-13H2,1-2H3,(H,23,25)(H,24,27)/t15-/m0/s1. The van der Waals surface area contributed by atoms with Gasteiger partial charge in [-0.25, -0.2) is 8.42 Å². The lowest BCUT2D eigenvalue weighted by Gasteiger charge is -2.19. The smallest absolute Gasteiger partial charge is 0.263 e. The largest absolute Gasteiger partial charge is 0.339 e. The Morgan fingerprint density at radius 1 is 1.10 bits per heavy atom. The molecule has 162 valence electrons. The third-order valence-corrected chi connectivity index (χ3v) is 6.98. The average Bonchev–Trinajstić information content (AvgIpc) is 3.36. The van der Waals surface area contributed by atoms with Gasteiger partial charge in [0.15, 0.2) is 0 Å². The molecule has 0 aliphatic carbocycles. The van der Waals surface area contributed by atoms with E-state index in [1.54, 1.807) is 50.2 Å². The number of sulfonamides is 1. The first-order chi connectivity index (χ1) is 14.8. The van der Waals surface area contributed by atoms with Gasteiger partial charge in [-0.3, -0.25) is 19.3 Å². The van der Waals surface area contributed by atoms with E-state index in [9.17, 15) is 18.0 Å². The van der Waals surface area contributed by atoms with Gasteiger partial charge in [-0.05, 0) is 56.5 Å². The molecule has 1 fully saturated rings. The highest BCUT2D eigenvalue weighted by atomic mass is 32.2. The van der Waals surface area contributed by atoms with Gasteiger partial charge in [0.05, 0.1) is 4.90 Å². The maximum Gasteiger partial charge on any atom is 0.263 e. The predicted octanol–water partition coefficient (Wildman–Crippen LogP) is 2.30. The third-order valence-electron chi connectivity index (χ3n) is 5.58. The van der Waals surface area contributed by atoms with Crippen LogP contribution in [0.4, 0.5) is 5.69 Å². The predicted molar refractivity (Wildman–Crippen MR) is 118 cm³/mol. The van der Waals surface area contributed by atoms with Gasteiger partial charge < -0.3 is 10.2 Å². The fourth-order valence-corrected chi connectivity index (χ4v) is 5.05. The SMILES string of the molecule is Cc1c(NC(=O)[C@H](C)N=C2NS(=O)(=O)c3ccccc32)cccc1C(=O)N1CCCC1. The van der Waals surface area contributed by atoms with Crippen molar-refractivity contribution in [3.63, 3.8) is 0 Å². The van der Waals surface area contributed by atoms with E-state index in [1.165, 1.54) is 6.07 Å². The monoisotopic (exact) mass is 440 g/mol. The quantitative estimate of drug-likeness (QED) is 0.760. The molecule has 2 N–H and O–H groups in total. The Morgan fingerprint density at radius 3 is 2.55 bits per heavy atom. The number of nitrogens with one attached hydrogen (secondary N) is 2. The first kappa shape index (κ1) is 21.0. The van der Waals surface area contributed by atoms with E-state index in [0.29, 0.717) is 22.4 Å². The van der Waals surface area contributed by atoms with Crippen molar-refractivity contribution in [3.8, 4) is 0 Å². The van der Waals surface area contributed by atoms with Gasteiger partial charge in [0.2, 0.25) is 5.91 Å². The summed E-state index contributed by atoms with van der Waals surface area (Å²) in [5.41, 5.74) is 2.24. The van der Waals surface area contributed by atoms with Crippen LogP contribution >= 0.6 is 0 Å². The molecule has 2 aliphatic rings. The summed E-state index contributed by atoms with van der Waals surface area (Å²) in [7, 11) is -3.67. The van der Waals surface area contributed by atoms with Crippen LogP contribution in [0.1, 0.15) is 41.3 Å². The fourth-order valence-electron chi connectivity index (χ4n) is 3.81. The van der Waals surface area contributed by atoms with Gasteiger partial charge in [0.1, 0.15) is 11.9 Å². The van der Waals surface area contributed by atoms with Crippen molar-refractivity contribution in [2.45, 2.75) is 37.6 Å². The highest BCUT2D eigenvalue weighted by Crippen LogP contribution is 2.24. The molecule has 0 aromatic heterocycles. The molecular formula is C22H24N4O4S. The van der Waals surface area contributed by atoms with E-state index >= 15 is 0 Å². The molecule has 8 nitrogen and oxygen atoms in total. The molecule has 0 radical (unpaired) electrons. The zero-order chi connectivity index (χ0) is 22.2. The maximum atomic E-state index is 12.8. The van der Waals surface area contributed by atoms with Crippen LogP contribution in [0.5, 0.6) is 0 Å². The Hall–Kier alpha value is -3.20. The van der Waals surface area contributed by atoms with Crippen LogP contribution < -0.4 is 10.0 Å². The molecule has 0 spiro atoms. The number of hydrogen-bond acceptors (Lipinski definition) is 5. The van der Waals surface area contributed by atoms with Crippen LogP contribution in [0.25, 0.3) is 0 Å². The highest BCUT2D eigenvalue weighted by Gasteiger charge is 2.31. The molecule has 2 aromatic rings. The number of benzene rings is 2. The van der Waals surface area contributed by atoms with Crippen LogP contribution in [0.15, 0.2) is 52.4 Å². The molecule has 31 heavy (non-hydrogen) atoms. The summed E-state index contributed by atoms with van der Waals surface area (Å²) in [6, 6.07) is 10.9. The molecule has 1 saturated heterocycles. The van der Waals surface area contributed by atoms with E-state index in [4.69, 9.17) is 0 Å². The Labute approximate surface area is 181 Å². The summed E-state index contributed by atoms with van der Waals surface area (Å²) in [5, 5.41) is 2.82. The van der Waals surface area contributed by atoms with Crippen LogP contribution in [-0.4, -0.2) is 50.1 Å². The van der Waals surface area contributed by atoms with Crippen LogP contribution in [0, 0.1) is 6.92 Å². The van der Waals surface area contributed by atoms with E-state index in [1.807, 2.05) is 4.90 Å². The lowest BCUT2D eigenvalue weighted by Crippen LogP contribution is -2.30. The number of likely N-dealkylation sites (tertiary alicyclic amines) is 1. The fraction of sp³-hybridized carbons (Fsp3) is 0.318. The number of fused-ring (bicyclic) bond motifs is 1. The summed E-state index contributed by atoms with van der Waals surface area (Å²) >= 11 is 0. The van der Waals surface area contributed by atoms with Crippen molar-refractivity contribution in [1.82, 2.24) is 9.62 Å². The topological polar surface area (TPSA) is 108 Å². The molecule has 2 aliphatic heterocycles. The third kappa shape index (κ3) is 4.05. The molecule has 2 aromatic carbocycles. The Balaban J connectivity index is 1.53. The number of amides is 2. The number of hydrogen-bond donors (Lipinski definition) is 2. The van der Waals surface area contributed by atoms with Gasteiger partial charge in [-0.15, -0.1) is 0 Å². The number of amidine groups is 1. The number of rotatable bonds is 4. The lowest BCUT2D eigenvalue weighted by atomic mass is 10.1. The molecule has 2 amide bonds. The second-order valence-electron chi connectivity index (χ2n) is 7.72. The number of carbonyl (C=O) groups is 2. The number of carbonyl (C=O) groups excluding carboxylic acids is 2. The first-order valence-electron chi connectivity index (χ1n) is 10.2. The van der Waals surface area contributed by atoms with E-state index in [0.717, 1.165) is 25.9 Å². The minimum absolute atomic E-state index is 0.0311. The Bertz CT molecular complexity index is 1180. The first-order valence-corrected chi connectivity index (χ1v) is 11.7. The van der Waals surface area contributed by atoms with Crippen LogP contribution in [-0.2, 0) is 14.8 Å². The zero-order valence-corrected chi connectivity index (χ0v) is 18.2. The maximum absolute atomic E-state index is 12.8. The van der Waals surface area contributed by atoms with Gasteiger partial charge in [0.25, 0.3) is 15.9 Å². The molecule has 4 rings (SSSR count). The summed E-state index contributed by atoms with van der Waals surface area (Å²) in [6.45, 7) is 4.89. The second kappa shape index (κ2) is 8.14. The van der Waals surface area contributed by atoms with Crippen molar-refractivity contribution in [3.05, 3.63) is 59.2 Å². The van der Waals surface area contributed by atoms with Gasteiger partial charge >= 0.3 is 0 Å². The normalized spacial score (nSPS) is 19.0. The molecule has 2 heterocycles. The molecule has 0 unspecified atom stereocenters. The van der Waals surface area contributed by atoms with Crippen molar-refractivity contribution in [2.75, 3.05) is 18.4 Å². The summed E-state index contributed by atoms with van der Waals surface area (Å²) in [5.74, 6) is -0.283. The number of aliphatic imine (C=N–C) groups is 1. The number of nitrogens with zero attached hydrogens (tertiary/aromatic N) is 2. The minimum atomic E-state index is -3.67. The van der Waals surface area contributed by atoms with Crippen molar-refractivity contribution < 1.29 is 18.0 Å². The van der Waals surface area contributed by atoms with Crippen molar-refractivity contribution >= 4 is 33.4 Å². The minimum Gasteiger partial charge on any atom is -0.339 e. The van der Waals surface area contributed by atoms with Crippen LogP contribution in [0.3, 0.4) is 0 Å². The molecule has 1 atom stereocenters. The molecular weight excluding hydrogens is 416 g/mol. The van der Waals surface area contributed by atoms with Gasteiger partial charge in [-0.2, -0.15) is 0 Å².